The first kappa shape index (κ1) is 19.2. The van der Waals surface area contributed by atoms with Crippen molar-refractivity contribution in [3.8, 4) is 0 Å². The van der Waals surface area contributed by atoms with Gasteiger partial charge in [-0.3, -0.25) is 9.69 Å². The van der Waals surface area contributed by atoms with Crippen molar-refractivity contribution < 1.29 is 4.79 Å². The maximum Gasteiger partial charge on any atom is 0.220 e. The topological polar surface area (TPSA) is 32.3 Å². The maximum atomic E-state index is 12.3. The van der Waals surface area contributed by atoms with Gasteiger partial charge in [-0.25, -0.2) is 0 Å². The van der Waals surface area contributed by atoms with Gasteiger partial charge >= 0.3 is 0 Å². The van der Waals surface area contributed by atoms with Crippen LogP contribution in [-0.4, -0.2) is 23.9 Å². The fraction of sp³-hybridized carbons (Fsp3) is 0.381. The standard InChI is InChI=1S/C21H24Cl2N2O/c22-19-8-5-9-20(23)18(19)10-11-21(26)24-14-16-6-1-2-7-17(16)15-25-12-3-4-13-25/h1-2,5-9H,3-4,10-15H2,(H,24,26). The van der Waals surface area contributed by atoms with Gasteiger partial charge in [-0.05, 0) is 61.2 Å². The van der Waals surface area contributed by atoms with Crippen molar-refractivity contribution >= 4 is 29.1 Å². The van der Waals surface area contributed by atoms with Crippen LogP contribution in [0.3, 0.4) is 0 Å². The van der Waals surface area contributed by atoms with Gasteiger partial charge < -0.3 is 5.32 Å². The summed E-state index contributed by atoms with van der Waals surface area (Å²) in [4.78, 5) is 14.7. The van der Waals surface area contributed by atoms with E-state index in [4.69, 9.17) is 23.2 Å². The summed E-state index contributed by atoms with van der Waals surface area (Å²) in [5.74, 6) is 0.0111. The lowest BCUT2D eigenvalue weighted by molar-refractivity contribution is -0.121. The Hall–Kier alpha value is -1.55. The second-order valence-electron chi connectivity index (χ2n) is 6.73. The van der Waals surface area contributed by atoms with E-state index in [0.717, 1.165) is 12.1 Å². The third kappa shape index (κ3) is 5.23. The van der Waals surface area contributed by atoms with E-state index >= 15 is 0 Å². The number of likely N-dealkylation sites (tertiary alicyclic amines) is 1. The van der Waals surface area contributed by atoms with Crippen molar-refractivity contribution in [2.45, 2.75) is 38.8 Å². The van der Waals surface area contributed by atoms with E-state index in [2.05, 4.69) is 28.4 Å². The molecule has 0 aromatic heterocycles. The second kappa shape index (κ2) is 9.40. The number of halogens is 2. The molecule has 1 aliphatic heterocycles. The Balaban J connectivity index is 1.53. The van der Waals surface area contributed by atoms with Crippen LogP contribution in [0.1, 0.15) is 36.0 Å². The first-order valence-electron chi connectivity index (χ1n) is 9.12. The number of nitrogens with one attached hydrogen (secondary N) is 1. The molecule has 1 amide bonds. The predicted octanol–water partition coefficient (Wildman–Crippen LogP) is 4.84. The van der Waals surface area contributed by atoms with Crippen LogP contribution in [0.15, 0.2) is 42.5 Å². The van der Waals surface area contributed by atoms with Crippen LogP contribution in [0.2, 0.25) is 10.0 Å². The van der Waals surface area contributed by atoms with Crippen LogP contribution in [0, 0.1) is 0 Å². The monoisotopic (exact) mass is 390 g/mol. The zero-order chi connectivity index (χ0) is 18.4. The molecule has 3 nitrogen and oxygen atoms in total. The van der Waals surface area contributed by atoms with Crippen molar-refractivity contribution in [2.75, 3.05) is 13.1 Å². The zero-order valence-electron chi connectivity index (χ0n) is 14.8. The molecule has 0 spiro atoms. The Bertz CT molecular complexity index is 737. The van der Waals surface area contributed by atoms with Crippen LogP contribution < -0.4 is 5.32 Å². The highest BCUT2D eigenvalue weighted by Gasteiger charge is 2.14. The number of amides is 1. The van der Waals surface area contributed by atoms with Gasteiger partial charge in [-0.2, -0.15) is 0 Å². The molecule has 1 fully saturated rings. The number of hydrogen-bond donors (Lipinski definition) is 1. The third-order valence-electron chi connectivity index (χ3n) is 4.85. The van der Waals surface area contributed by atoms with E-state index in [1.54, 1.807) is 12.1 Å². The Labute approximate surface area is 165 Å². The van der Waals surface area contributed by atoms with Gasteiger partial charge in [-0.15, -0.1) is 0 Å². The first-order valence-corrected chi connectivity index (χ1v) is 9.88. The van der Waals surface area contributed by atoms with Crippen molar-refractivity contribution in [3.05, 3.63) is 69.2 Å². The average molecular weight is 391 g/mol. The fourth-order valence-electron chi connectivity index (χ4n) is 3.36. The molecular formula is C21H24Cl2N2O. The Morgan fingerprint density at radius 2 is 1.62 bits per heavy atom. The smallest absolute Gasteiger partial charge is 0.220 e. The summed E-state index contributed by atoms with van der Waals surface area (Å²) in [7, 11) is 0. The number of carbonyl (C=O) groups is 1. The van der Waals surface area contributed by atoms with Crippen molar-refractivity contribution in [2.24, 2.45) is 0 Å². The number of nitrogens with zero attached hydrogens (tertiary/aromatic N) is 1. The molecule has 138 valence electrons. The molecule has 0 atom stereocenters. The Kier molecular flexibility index (Phi) is 6.95. The van der Waals surface area contributed by atoms with Crippen LogP contribution in [0.5, 0.6) is 0 Å². The lowest BCUT2D eigenvalue weighted by Crippen LogP contribution is -2.25. The summed E-state index contributed by atoms with van der Waals surface area (Å²) < 4.78 is 0. The minimum atomic E-state index is 0.0111. The molecule has 5 heteroatoms. The Morgan fingerprint density at radius 1 is 0.962 bits per heavy atom. The van der Waals surface area contributed by atoms with Gasteiger partial charge in [-0.1, -0.05) is 53.5 Å². The molecule has 3 rings (SSSR count). The van der Waals surface area contributed by atoms with Crippen LogP contribution >= 0.6 is 23.2 Å². The van der Waals surface area contributed by atoms with Crippen molar-refractivity contribution in [1.82, 2.24) is 10.2 Å². The maximum absolute atomic E-state index is 12.3. The highest BCUT2D eigenvalue weighted by atomic mass is 35.5. The van der Waals surface area contributed by atoms with Gasteiger partial charge in [0.1, 0.15) is 0 Å². The minimum Gasteiger partial charge on any atom is -0.352 e. The van der Waals surface area contributed by atoms with Crippen molar-refractivity contribution in [1.29, 1.82) is 0 Å². The largest absolute Gasteiger partial charge is 0.352 e. The van der Waals surface area contributed by atoms with E-state index < -0.39 is 0 Å². The fourth-order valence-corrected chi connectivity index (χ4v) is 3.94. The number of benzene rings is 2. The summed E-state index contributed by atoms with van der Waals surface area (Å²) in [6.45, 7) is 3.85. The molecule has 0 radical (unpaired) electrons. The summed E-state index contributed by atoms with van der Waals surface area (Å²) in [6.07, 6.45) is 3.48. The molecule has 1 N–H and O–H groups in total. The van der Waals surface area contributed by atoms with E-state index in [9.17, 15) is 4.79 Å². The quantitative estimate of drug-likeness (QED) is 0.733. The van der Waals surface area contributed by atoms with E-state index in [0.29, 0.717) is 29.4 Å². The van der Waals surface area contributed by atoms with Gasteiger partial charge in [0.05, 0.1) is 0 Å². The molecule has 0 bridgehead atoms. The number of rotatable bonds is 7. The molecule has 1 heterocycles. The van der Waals surface area contributed by atoms with E-state index in [1.807, 2.05) is 12.1 Å². The Morgan fingerprint density at radius 3 is 2.31 bits per heavy atom. The third-order valence-corrected chi connectivity index (χ3v) is 5.56. The summed E-state index contributed by atoms with van der Waals surface area (Å²) in [6, 6.07) is 13.8. The molecular weight excluding hydrogens is 367 g/mol. The lowest BCUT2D eigenvalue weighted by Gasteiger charge is -2.17. The molecule has 0 aliphatic carbocycles. The van der Waals surface area contributed by atoms with Crippen LogP contribution in [0.25, 0.3) is 0 Å². The summed E-state index contributed by atoms with van der Waals surface area (Å²) in [5.41, 5.74) is 3.31. The molecule has 1 saturated heterocycles. The number of carbonyl (C=O) groups excluding carboxylic acids is 1. The molecule has 0 saturated carbocycles. The second-order valence-corrected chi connectivity index (χ2v) is 7.54. The normalized spacial score (nSPS) is 14.5. The molecule has 0 unspecified atom stereocenters. The first-order chi connectivity index (χ1) is 12.6. The predicted molar refractivity (Wildman–Crippen MR) is 108 cm³/mol. The molecule has 1 aliphatic rings. The molecule has 2 aromatic rings. The van der Waals surface area contributed by atoms with Gasteiger partial charge in [0, 0.05) is 29.6 Å². The van der Waals surface area contributed by atoms with Crippen LogP contribution in [-0.2, 0) is 24.3 Å². The van der Waals surface area contributed by atoms with E-state index in [-0.39, 0.29) is 5.91 Å². The minimum absolute atomic E-state index is 0.0111. The SMILES string of the molecule is O=C(CCc1c(Cl)cccc1Cl)NCc1ccccc1CN1CCCC1. The van der Waals surface area contributed by atoms with Gasteiger partial charge in [0.25, 0.3) is 0 Å². The van der Waals surface area contributed by atoms with Crippen molar-refractivity contribution in [3.63, 3.8) is 0 Å². The highest BCUT2D eigenvalue weighted by Crippen LogP contribution is 2.25. The van der Waals surface area contributed by atoms with Crippen LogP contribution in [0.4, 0.5) is 0 Å². The van der Waals surface area contributed by atoms with Gasteiger partial charge in [0.15, 0.2) is 0 Å². The summed E-state index contributed by atoms with van der Waals surface area (Å²) in [5, 5.41) is 4.25. The number of hydrogen-bond acceptors (Lipinski definition) is 2. The average Bonchev–Trinajstić information content (AvgIpc) is 3.13. The molecule has 26 heavy (non-hydrogen) atoms. The summed E-state index contributed by atoms with van der Waals surface area (Å²) >= 11 is 12.3. The lowest BCUT2D eigenvalue weighted by atomic mass is 10.1. The highest BCUT2D eigenvalue weighted by molar-refractivity contribution is 6.36. The molecule has 2 aromatic carbocycles. The van der Waals surface area contributed by atoms with E-state index in [1.165, 1.54) is 37.1 Å². The zero-order valence-corrected chi connectivity index (χ0v) is 16.3. The van der Waals surface area contributed by atoms with Gasteiger partial charge in [0.2, 0.25) is 5.91 Å².